The smallest absolute Gasteiger partial charge is 0.414 e. The van der Waals surface area contributed by atoms with E-state index in [9.17, 15) is 23.3 Å². The molecule has 10 nitrogen and oxygen atoms in total. The molecule has 0 saturated carbocycles. The van der Waals surface area contributed by atoms with Crippen molar-refractivity contribution in [2.24, 2.45) is 0 Å². The van der Waals surface area contributed by atoms with Gasteiger partial charge < -0.3 is 9.64 Å². The van der Waals surface area contributed by atoms with E-state index in [0.29, 0.717) is 31.6 Å². The second kappa shape index (κ2) is 8.99. The minimum atomic E-state index is -3.85. The lowest BCUT2D eigenvalue weighted by Crippen LogP contribution is -2.49. The standard InChI is InChI=1S/C22H26N4O6S/c1-15(2)23-33(30,31)18-7-8-20(21(13-18)26(28)29)24-11-9-17(10-12-24)25-19-6-4-3-5-16(19)14-32-22(25)27/h3-8,13,15,17,23H,9-12,14H2,1-2H3. The maximum absolute atomic E-state index is 12.5. The van der Waals surface area contributed by atoms with Gasteiger partial charge in [-0.2, -0.15) is 0 Å². The summed E-state index contributed by atoms with van der Waals surface area (Å²) < 4.78 is 32.7. The Bertz CT molecular complexity index is 1180. The molecule has 0 spiro atoms. The van der Waals surface area contributed by atoms with Crippen LogP contribution in [0.25, 0.3) is 0 Å². The summed E-state index contributed by atoms with van der Waals surface area (Å²) >= 11 is 0. The van der Waals surface area contributed by atoms with Crippen molar-refractivity contribution in [1.29, 1.82) is 0 Å². The van der Waals surface area contributed by atoms with Gasteiger partial charge in [-0.3, -0.25) is 15.0 Å². The van der Waals surface area contributed by atoms with E-state index < -0.39 is 14.9 Å². The molecule has 1 N–H and O–H groups in total. The highest BCUT2D eigenvalue weighted by Crippen LogP contribution is 2.36. The van der Waals surface area contributed by atoms with Crippen molar-refractivity contribution in [3.8, 4) is 0 Å². The Kier molecular flexibility index (Phi) is 6.26. The van der Waals surface area contributed by atoms with Crippen molar-refractivity contribution in [3.63, 3.8) is 0 Å². The fraction of sp³-hybridized carbons (Fsp3) is 0.409. The number of para-hydroxylation sites is 1. The Morgan fingerprint density at radius 1 is 1.12 bits per heavy atom. The molecule has 0 aliphatic carbocycles. The molecule has 0 aromatic heterocycles. The summed E-state index contributed by atoms with van der Waals surface area (Å²) in [4.78, 5) is 27.1. The van der Waals surface area contributed by atoms with Crippen molar-refractivity contribution in [3.05, 3.63) is 58.1 Å². The van der Waals surface area contributed by atoms with Gasteiger partial charge in [0.05, 0.1) is 15.5 Å². The lowest BCUT2D eigenvalue weighted by Gasteiger charge is -2.40. The highest BCUT2D eigenvalue weighted by Gasteiger charge is 2.35. The molecule has 11 heteroatoms. The zero-order valence-electron chi connectivity index (χ0n) is 18.4. The van der Waals surface area contributed by atoms with Crippen LogP contribution >= 0.6 is 0 Å². The molecule has 0 radical (unpaired) electrons. The van der Waals surface area contributed by atoms with Gasteiger partial charge in [0.15, 0.2) is 0 Å². The fourth-order valence-corrected chi connectivity index (χ4v) is 5.62. The maximum Gasteiger partial charge on any atom is 0.414 e. The largest absolute Gasteiger partial charge is 0.444 e. The number of carbonyl (C=O) groups excluding carboxylic acids is 1. The van der Waals surface area contributed by atoms with E-state index >= 15 is 0 Å². The summed E-state index contributed by atoms with van der Waals surface area (Å²) in [5.41, 5.74) is 1.89. The molecule has 1 amide bonds. The van der Waals surface area contributed by atoms with Crippen LogP contribution < -0.4 is 14.5 Å². The number of carbonyl (C=O) groups is 1. The number of benzene rings is 2. The molecular weight excluding hydrogens is 448 g/mol. The molecule has 4 rings (SSSR count). The van der Waals surface area contributed by atoms with E-state index in [1.165, 1.54) is 12.1 Å². The number of fused-ring (bicyclic) bond motifs is 1. The van der Waals surface area contributed by atoms with Gasteiger partial charge in [-0.1, -0.05) is 18.2 Å². The first-order valence-electron chi connectivity index (χ1n) is 10.8. The number of sulfonamides is 1. The average Bonchev–Trinajstić information content (AvgIpc) is 2.78. The summed E-state index contributed by atoms with van der Waals surface area (Å²) in [5, 5.41) is 11.8. The number of amides is 1. The van der Waals surface area contributed by atoms with Crippen LogP contribution in [0.2, 0.25) is 0 Å². The molecule has 2 aromatic rings. The van der Waals surface area contributed by atoms with Crippen LogP contribution in [-0.2, 0) is 21.4 Å². The van der Waals surface area contributed by atoms with E-state index in [-0.39, 0.29) is 35.4 Å². The third-order valence-electron chi connectivity index (χ3n) is 5.81. The van der Waals surface area contributed by atoms with Crippen molar-refractivity contribution in [1.82, 2.24) is 4.72 Å². The molecule has 2 aromatic carbocycles. The molecule has 0 bridgehead atoms. The molecule has 2 aliphatic heterocycles. The number of nitro groups is 1. The lowest BCUT2D eigenvalue weighted by molar-refractivity contribution is -0.384. The Balaban J connectivity index is 1.54. The van der Waals surface area contributed by atoms with Crippen molar-refractivity contribution in [2.75, 3.05) is 22.9 Å². The molecule has 0 unspecified atom stereocenters. The van der Waals surface area contributed by atoms with Crippen LogP contribution in [0.5, 0.6) is 0 Å². The summed E-state index contributed by atoms with van der Waals surface area (Å²) in [6, 6.07) is 11.2. The summed E-state index contributed by atoms with van der Waals surface area (Å²) in [5.74, 6) is 0. The average molecular weight is 475 g/mol. The van der Waals surface area contributed by atoms with E-state index in [2.05, 4.69) is 4.72 Å². The Hall–Kier alpha value is -3.18. The van der Waals surface area contributed by atoms with Gasteiger partial charge in [-0.15, -0.1) is 0 Å². The number of nitrogens with zero attached hydrogens (tertiary/aromatic N) is 3. The van der Waals surface area contributed by atoms with E-state index in [1.807, 2.05) is 29.2 Å². The monoisotopic (exact) mass is 474 g/mol. The van der Waals surface area contributed by atoms with Crippen LogP contribution in [0.15, 0.2) is 47.4 Å². The second-order valence-corrected chi connectivity index (χ2v) is 10.2. The Morgan fingerprint density at radius 3 is 2.48 bits per heavy atom. The van der Waals surface area contributed by atoms with Gasteiger partial charge in [0, 0.05) is 36.8 Å². The highest BCUT2D eigenvalue weighted by molar-refractivity contribution is 7.89. The normalized spacial score (nSPS) is 17.1. The molecule has 2 heterocycles. The number of hydrogen-bond acceptors (Lipinski definition) is 7. The zero-order valence-corrected chi connectivity index (χ0v) is 19.2. The van der Waals surface area contributed by atoms with Gasteiger partial charge in [0.1, 0.15) is 12.3 Å². The van der Waals surface area contributed by atoms with Crippen molar-refractivity contribution < 1.29 is 22.9 Å². The summed E-state index contributed by atoms with van der Waals surface area (Å²) in [7, 11) is -3.85. The van der Waals surface area contributed by atoms with Crippen LogP contribution in [0.4, 0.5) is 21.9 Å². The number of hydrogen-bond donors (Lipinski definition) is 1. The molecule has 0 atom stereocenters. The number of cyclic esters (lactones) is 1. The number of anilines is 2. The number of rotatable bonds is 6. The quantitative estimate of drug-likeness (QED) is 0.503. The first-order valence-corrected chi connectivity index (χ1v) is 12.3. The van der Waals surface area contributed by atoms with E-state index in [4.69, 9.17) is 4.74 Å². The first kappa shape index (κ1) is 23.0. The number of nitro benzene ring substituents is 1. The summed E-state index contributed by atoms with van der Waals surface area (Å²) in [6.07, 6.45) is 0.802. The van der Waals surface area contributed by atoms with Crippen LogP contribution in [0.1, 0.15) is 32.3 Å². The van der Waals surface area contributed by atoms with Crippen LogP contribution in [-0.4, -0.2) is 44.6 Å². The number of ether oxygens (including phenoxy) is 1. The SMILES string of the molecule is CC(C)NS(=O)(=O)c1ccc(N2CCC(N3C(=O)OCc4ccccc43)CC2)c([N+](=O)[O-])c1. The third kappa shape index (κ3) is 4.64. The predicted molar refractivity (Wildman–Crippen MR) is 123 cm³/mol. The molecule has 1 saturated heterocycles. The highest BCUT2D eigenvalue weighted by atomic mass is 32.2. The Labute approximate surface area is 192 Å². The van der Waals surface area contributed by atoms with Crippen LogP contribution in [0, 0.1) is 10.1 Å². The van der Waals surface area contributed by atoms with Crippen molar-refractivity contribution in [2.45, 2.75) is 50.3 Å². The zero-order chi connectivity index (χ0) is 23.8. The van der Waals surface area contributed by atoms with Gasteiger partial charge in [-0.05, 0) is 44.9 Å². The third-order valence-corrected chi connectivity index (χ3v) is 7.47. The second-order valence-electron chi connectivity index (χ2n) is 8.46. The maximum atomic E-state index is 12.5. The van der Waals surface area contributed by atoms with Gasteiger partial charge in [0.2, 0.25) is 10.0 Å². The molecule has 2 aliphatic rings. The van der Waals surface area contributed by atoms with E-state index in [1.54, 1.807) is 18.7 Å². The molecule has 33 heavy (non-hydrogen) atoms. The lowest BCUT2D eigenvalue weighted by atomic mass is 10.00. The van der Waals surface area contributed by atoms with Crippen LogP contribution in [0.3, 0.4) is 0 Å². The minimum Gasteiger partial charge on any atom is -0.444 e. The van der Waals surface area contributed by atoms with Gasteiger partial charge in [0.25, 0.3) is 5.69 Å². The van der Waals surface area contributed by atoms with Crippen molar-refractivity contribution >= 4 is 33.2 Å². The topological polar surface area (TPSA) is 122 Å². The first-order chi connectivity index (χ1) is 15.7. The number of nitrogens with one attached hydrogen (secondary N) is 1. The summed E-state index contributed by atoms with van der Waals surface area (Å²) in [6.45, 7) is 4.57. The van der Waals surface area contributed by atoms with Gasteiger partial charge >= 0.3 is 6.09 Å². The molecule has 1 fully saturated rings. The Morgan fingerprint density at radius 2 is 1.82 bits per heavy atom. The van der Waals surface area contributed by atoms with E-state index in [0.717, 1.165) is 17.3 Å². The molecular formula is C22H26N4O6S. The fourth-order valence-electron chi connectivity index (χ4n) is 4.35. The molecule has 176 valence electrons. The predicted octanol–water partition coefficient (Wildman–Crippen LogP) is 3.41. The number of piperidine rings is 1. The van der Waals surface area contributed by atoms with Gasteiger partial charge in [-0.25, -0.2) is 17.9 Å². The minimum absolute atomic E-state index is 0.0934.